The SMILES string of the molecule is O=C(O)c1cccc(NC2CCCN(CC(F)(F)F)C2=O)n1. The van der Waals surface area contributed by atoms with E-state index in [2.05, 4.69) is 10.3 Å². The number of carbonyl (C=O) groups excluding carboxylic acids is 1. The van der Waals surface area contributed by atoms with Gasteiger partial charge in [-0.2, -0.15) is 13.2 Å². The van der Waals surface area contributed by atoms with E-state index in [0.717, 1.165) is 4.90 Å². The molecular formula is C13H14F3N3O3. The van der Waals surface area contributed by atoms with E-state index in [1.807, 2.05) is 0 Å². The highest BCUT2D eigenvalue weighted by Gasteiger charge is 2.37. The number of amides is 1. The van der Waals surface area contributed by atoms with Crippen molar-refractivity contribution in [2.24, 2.45) is 0 Å². The number of nitrogens with zero attached hydrogens (tertiary/aromatic N) is 2. The fourth-order valence-electron chi connectivity index (χ4n) is 2.26. The second-order valence-corrected chi connectivity index (χ2v) is 4.93. The summed E-state index contributed by atoms with van der Waals surface area (Å²) in [7, 11) is 0. The predicted molar refractivity (Wildman–Crippen MR) is 70.5 cm³/mol. The van der Waals surface area contributed by atoms with Gasteiger partial charge in [0.2, 0.25) is 5.91 Å². The second-order valence-electron chi connectivity index (χ2n) is 4.93. The van der Waals surface area contributed by atoms with Gasteiger partial charge in [0.25, 0.3) is 0 Å². The summed E-state index contributed by atoms with van der Waals surface area (Å²) in [6, 6.07) is 3.35. The Labute approximate surface area is 123 Å². The largest absolute Gasteiger partial charge is 0.477 e. The van der Waals surface area contributed by atoms with Gasteiger partial charge < -0.3 is 15.3 Å². The summed E-state index contributed by atoms with van der Waals surface area (Å²) in [6.07, 6.45) is -3.65. The second kappa shape index (κ2) is 6.20. The van der Waals surface area contributed by atoms with Crippen molar-refractivity contribution in [2.75, 3.05) is 18.4 Å². The minimum absolute atomic E-state index is 0.0547. The molecule has 1 aromatic rings. The van der Waals surface area contributed by atoms with Crippen molar-refractivity contribution in [1.82, 2.24) is 9.88 Å². The Hall–Kier alpha value is -2.32. The number of halogens is 3. The van der Waals surface area contributed by atoms with Crippen molar-refractivity contribution in [3.8, 4) is 0 Å². The molecule has 6 nitrogen and oxygen atoms in total. The van der Waals surface area contributed by atoms with E-state index in [-0.39, 0.29) is 18.1 Å². The quantitative estimate of drug-likeness (QED) is 0.884. The van der Waals surface area contributed by atoms with Gasteiger partial charge in [0.05, 0.1) is 0 Å². The van der Waals surface area contributed by atoms with Crippen LogP contribution in [0.3, 0.4) is 0 Å². The number of carbonyl (C=O) groups is 2. The van der Waals surface area contributed by atoms with Gasteiger partial charge in [-0.05, 0) is 25.0 Å². The van der Waals surface area contributed by atoms with Crippen molar-refractivity contribution < 1.29 is 27.9 Å². The van der Waals surface area contributed by atoms with Crippen molar-refractivity contribution in [3.05, 3.63) is 23.9 Å². The van der Waals surface area contributed by atoms with Crippen LogP contribution in [0.5, 0.6) is 0 Å². The van der Waals surface area contributed by atoms with E-state index in [9.17, 15) is 22.8 Å². The van der Waals surface area contributed by atoms with E-state index in [1.54, 1.807) is 0 Å². The Morgan fingerprint density at radius 2 is 2.18 bits per heavy atom. The highest BCUT2D eigenvalue weighted by atomic mass is 19.4. The lowest BCUT2D eigenvalue weighted by Crippen LogP contribution is -2.50. The van der Waals surface area contributed by atoms with Gasteiger partial charge in [-0.1, -0.05) is 6.07 Å². The summed E-state index contributed by atoms with van der Waals surface area (Å²) in [5.41, 5.74) is -0.208. The molecule has 1 aromatic heterocycles. The zero-order valence-corrected chi connectivity index (χ0v) is 11.4. The minimum atomic E-state index is -4.45. The molecule has 120 valence electrons. The standard InChI is InChI=1S/C13H14F3N3O3/c14-13(15,16)7-19-6-2-4-8(11(19)20)17-10-5-1-3-9(18-10)12(21)22/h1,3,5,8H,2,4,6-7H2,(H,17,18)(H,21,22). The summed E-state index contributed by atoms with van der Waals surface area (Å²) in [5.74, 6) is -1.74. The first-order chi connectivity index (χ1) is 10.3. The first-order valence-electron chi connectivity index (χ1n) is 6.59. The maximum atomic E-state index is 12.4. The number of rotatable bonds is 4. The number of hydrogen-bond donors (Lipinski definition) is 2. The summed E-state index contributed by atoms with van der Waals surface area (Å²) >= 11 is 0. The van der Waals surface area contributed by atoms with E-state index < -0.39 is 30.6 Å². The van der Waals surface area contributed by atoms with E-state index >= 15 is 0 Å². The molecule has 0 radical (unpaired) electrons. The number of hydrogen-bond acceptors (Lipinski definition) is 4. The number of piperidine rings is 1. The lowest BCUT2D eigenvalue weighted by Gasteiger charge is -2.33. The molecule has 0 aromatic carbocycles. The zero-order valence-electron chi connectivity index (χ0n) is 11.4. The number of nitrogens with one attached hydrogen (secondary N) is 1. The highest BCUT2D eigenvalue weighted by molar-refractivity contribution is 5.87. The lowest BCUT2D eigenvalue weighted by molar-refractivity contribution is -0.163. The third-order valence-electron chi connectivity index (χ3n) is 3.19. The number of aromatic carboxylic acids is 1. The Balaban J connectivity index is 2.07. The smallest absolute Gasteiger partial charge is 0.406 e. The fourth-order valence-corrected chi connectivity index (χ4v) is 2.26. The predicted octanol–water partition coefficient (Wildman–Crippen LogP) is 1.74. The van der Waals surface area contributed by atoms with Crippen LogP contribution in [0.25, 0.3) is 0 Å². The normalized spacial score (nSPS) is 19.1. The molecule has 1 saturated heterocycles. The number of pyridine rings is 1. The van der Waals surface area contributed by atoms with Gasteiger partial charge in [-0.25, -0.2) is 9.78 Å². The van der Waals surface area contributed by atoms with Crippen LogP contribution < -0.4 is 5.32 Å². The maximum absolute atomic E-state index is 12.4. The molecule has 22 heavy (non-hydrogen) atoms. The summed E-state index contributed by atoms with van der Waals surface area (Å²) < 4.78 is 37.3. The van der Waals surface area contributed by atoms with Crippen LogP contribution in [-0.4, -0.2) is 52.2 Å². The number of aromatic nitrogens is 1. The van der Waals surface area contributed by atoms with Gasteiger partial charge >= 0.3 is 12.1 Å². The van der Waals surface area contributed by atoms with Crippen LogP contribution in [0.2, 0.25) is 0 Å². The number of anilines is 1. The molecule has 2 rings (SSSR count). The van der Waals surface area contributed by atoms with Crippen molar-refractivity contribution in [3.63, 3.8) is 0 Å². The Bertz CT molecular complexity index is 577. The zero-order chi connectivity index (χ0) is 16.3. The van der Waals surface area contributed by atoms with Crippen LogP contribution in [0.15, 0.2) is 18.2 Å². The highest BCUT2D eigenvalue weighted by Crippen LogP contribution is 2.22. The molecule has 1 fully saturated rings. The van der Waals surface area contributed by atoms with Crippen molar-refractivity contribution in [2.45, 2.75) is 25.1 Å². The Morgan fingerprint density at radius 3 is 2.82 bits per heavy atom. The topological polar surface area (TPSA) is 82.5 Å². The molecule has 1 unspecified atom stereocenters. The Morgan fingerprint density at radius 1 is 1.45 bits per heavy atom. The average molecular weight is 317 g/mol. The molecule has 2 heterocycles. The summed E-state index contributed by atoms with van der Waals surface area (Å²) in [6.45, 7) is -1.23. The first kappa shape index (κ1) is 16.1. The first-order valence-corrected chi connectivity index (χ1v) is 6.59. The molecule has 1 aliphatic rings. The van der Waals surface area contributed by atoms with Gasteiger partial charge in [-0.3, -0.25) is 4.79 Å². The van der Waals surface area contributed by atoms with Crippen molar-refractivity contribution in [1.29, 1.82) is 0 Å². The Kier molecular flexibility index (Phi) is 4.53. The number of alkyl halides is 3. The van der Waals surface area contributed by atoms with Crippen LogP contribution in [0.1, 0.15) is 23.3 Å². The molecule has 0 spiro atoms. The van der Waals surface area contributed by atoms with Crippen molar-refractivity contribution >= 4 is 17.7 Å². The monoisotopic (exact) mass is 317 g/mol. The lowest BCUT2D eigenvalue weighted by atomic mass is 10.0. The van der Waals surface area contributed by atoms with Crippen LogP contribution >= 0.6 is 0 Å². The third kappa shape index (κ3) is 4.09. The van der Waals surface area contributed by atoms with Gasteiger partial charge in [-0.15, -0.1) is 0 Å². The van der Waals surface area contributed by atoms with E-state index in [1.165, 1.54) is 18.2 Å². The fraction of sp³-hybridized carbons (Fsp3) is 0.462. The molecule has 1 amide bonds. The third-order valence-corrected chi connectivity index (χ3v) is 3.19. The molecular weight excluding hydrogens is 303 g/mol. The average Bonchev–Trinajstić information content (AvgIpc) is 2.42. The minimum Gasteiger partial charge on any atom is -0.477 e. The van der Waals surface area contributed by atoms with Gasteiger partial charge in [0, 0.05) is 6.54 Å². The summed E-state index contributed by atoms with van der Waals surface area (Å²) in [4.78, 5) is 27.4. The van der Waals surface area contributed by atoms with Gasteiger partial charge in [0.15, 0.2) is 5.69 Å². The van der Waals surface area contributed by atoms with Gasteiger partial charge in [0.1, 0.15) is 18.4 Å². The van der Waals surface area contributed by atoms with E-state index in [0.29, 0.717) is 12.8 Å². The molecule has 2 N–H and O–H groups in total. The number of likely N-dealkylation sites (tertiary alicyclic amines) is 1. The molecule has 9 heteroatoms. The number of carboxylic acids is 1. The van der Waals surface area contributed by atoms with E-state index in [4.69, 9.17) is 5.11 Å². The maximum Gasteiger partial charge on any atom is 0.406 e. The number of carboxylic acid groups (broad SMARTS) is 1. The van der Waals surface area contributed by atoms with Crippen LogP contribution in [-0.2, 0) is 4.79 Å². The van der Waals surface area contributed by atoms with Crippen LogP contribution in [0.4, 0.5) is 19.0 Å². The molecule has 1 atom stereocenters. The molecule has 0 saturated carbocycles. The molecule has 0 aliphatic carbocycles. The molecule has 0 bridgehead atoms. The van der Waals surface area contributed by atoms with Crippen LogP contribution in [0, 0.1) is 0 Å². The summed E-state index contributed by atoms with van der Waals surface area (Å²) in [5, 5.41) is 11.6. The molecule has 1 aliphatic heterocycles.